The average Bonchev–Trinajstić information content (AvgIpc) is 3.03. The molecule has 1 aliphatic rings. The molecule has 108 valence electrons. The Labute approximate surface area is 124 Å². The summed E-state index contributed by atoms with van der Waals surface area (Å²) in [5.74, 6) is 0.409. The number of hydrogen-bond acceptors (Lipinski definition) is 3. The van der Waals surface area contributed by atoms with Gasteiger partial charge in [0, 0.05) is 31.5 Å². The highest BCUT2D eigenvalue weighted by Crippen LogP contribution is 2.22. The number of benzene rings is 1. The summed E-state index contributed by atoms with van der Waals surface area (Å²) < 4.78 is 0. The highest BCUT2D eigenvalue weighted by atomic mass is 16.1. The standard InChI is InChI=1S/C17H19N3O/c21-17(16-8-4-5-10-18-16)19-12-14-9-11-20(13-14)15-6-2-1-3-7-15/h1-8,10,14H,9,11-13H2,(H,19,21)/t14-/m1/s1. The molecule has 4 heteroatoms. The zero-order valence-electron chi connectivity index (χ0n) is 11.9. The average molecular weight is 281 g/mol. The van der Waals surface area contributed by atoms with E-state index in [0.29, 0.717) is 18.2 Å². The second-order valence-electron chi connectivity index (χ2n) is 5.36. The summed E-state index contributed by atoms with van der Waals surface area (Å²) in [6.07, 6.45) is 2.75. The van der Waals surface area contributed by atoms with E-state index in [2.05, 4.69) is 39.5 Å². The van der Waals surface area contributed by atoms with Crippen LogP contribution in [0.3, 0.4) is 0 Å². The molecule has 0 saturated carbocycles. The molecule has 0 aliphatic carbocycles. The second-order valence-corrected chi connectivity index (χ2v) is 5.36. The summed E-state index contributed by atoms with van der Waals surface area (Å²) in [5.41, 5.74) is 1.74. The molecule has 0 spiro atoms. The van der Waals surface area contributed by atoms with Crippen LogP contribution in [0.4, 0.5) is 5.69 Å². The molecule has 0 radical (unpaired) electrons. The maximum atomic E-state index is 12.0. The molecule has 2 heterocycles. The SMILES string of the molecule is O=C(NC[C@H]1CCN(c2ccccc2)C1)c1ccccn1. The first kappa shape index (κ1) is 13.6. The third-order valence-electron chi connectivity index (χ3n) is 3.86. The monoisotopic (exact) mass is 281 g/mol. The lowest BCUT2D eigenvalue weighted by molar-refractivity contribution is 0.0943. The number of amides is 1. The minimum absolute atomic E-state index is 0.0891. The lowest BCUT2D eigenvalue weighted by Gasteiger charge is -2.18. The first-order chi connectivity index (χ1) is 10.3. The van der Waals surface area contributed by atoms with Crippen molar-refractivity contribution in [3.63, 3.8) is 0 Å². The van der Waals surface area contributed by atoms with Crippen LogP contribution in [0.2, 0.25) is 0 Å². The fourth-order valence-corrected chi connectivity index (χ4v) is 2.70. The Balaban J connectivity index is 1.50. The molecule has 0 unspecified atom stereocenters. The number of nitrogens with zero attached hydrogens (tertiary/aromatic N) is 2. The van der Waals surface area contributed by atoms with Crippen molar-refractivity contribution in [2.45, 2.75) is 6.42 Å². The fraction of sp³-hybridized carbons (Fsp3) is 0.294. The fourth-order valence-electron chi connectivity index (χ4n) is 2.70. The number of aromatic nitrogens is 1. The van der Waals surface area contributed by atoms with Crippen molar-refractivity contribution in [2.24, 2.45) is 5.92 Å². The molecule has 1 aliphatic heterocycles. The number of carbonyl (C=O) groups is 1. The van der Waals surface area contributed by atoms with Gasteiger partial charge in [-0.2, -0.15) is 0 Å². The van der Waals surface area contributed by atoms with Gasteiger partial charge in [0.25, 0.3) is 5.91 Å². The Kier molecular flexibility index (Phi) is 4.15. The van der Waals surface area contributed by atoms with E-state index in [1.165, 1.54) is 5.69 Å². The van der Waals surface area contributed by atoms with E-state index in [1.54, 1.807) is 12.3 Å². The number of pyridine rings is 1. The van der Waals surface area contributed by atoms with Crippen LogP contribution in [0.15, 0.2) is 54.7 Å². The van der Waals surface area contributed by atoms with Crippen LogP contribution in [0, 0.1) is 5.92 Å². The molecule has 1 saturated heterocycles. The lowest BCUT2D eigenvalue weighted by atomic mass is 10.1. The lowest BCUT2D eigenvalue weighted by Crippen LogP contribution is -2.31. The smallest absolute Gasteiger partial charge is 0.269 e. The van der Waals surface area contributed by atoms with E-state index in [4.69, 9.17) is 0 Å². The Morgan fingerprint density at radius 2 is 2.00 bits per heavy atom. The number of hydrogen-bond donors (Lipinski definition) is 1. The van der Waals surface area contributed by atoms with Crippen LogP contribution in [0.1, 0.15) is 16.9 Å². The predicted octanol–water partition coefficient (Wildman–Crippen LogP) is 2.34. The highest BCUT2D eigenvalue weighted by Gasteiger charge is 2.23. The van der Waals surface area contributed by atoms with Gasteiger partial charge in [-0.15, -0.1) is 0 Å². The summed E-state index contributed by atoms with van der Waals surface area (Å²) in [5, 5.41) is 2.98. The number of anilines is 1. The molecule has 1 aromatic carbocycles. The molecule has 4 nitrogen and oxygen atoms in total. The number of rotatable bonds is 4. The Hall–Kier alpha value is -2.36. The van der Waals surface area contributed by atoms with Crippen molar-refractivity contribution in [1.29, 1.82) is 0 Å². The quantitative estimate of drug-likeness (QED) is 0.935. The predicted molar refractivity (Wildman–Crippen MR) is 83.3 cm³/mol. The van der Waals surface area contributed by atoms with Crippen molar-refractivity contribution >= 4 is 11.6 Å². The second kappa shape index (κ2) is 6.39. The molecular formula is C17H19N3O. The van der Waals surface area contributed by atoms with E-state index in [0.717, 1.165) is 19.5 Å². The number of para-hydroxylation sites is 1. The summed E-state index contributed by atoms with van der Waals surface area (Å²) in [4.78, 5) is 18.4. The van der Waals surface area contributed by atoms with Gasteiger partial charge in [-0.25, -0.2) is 0 Å². The molecule has 1 N–H and O–H groups in total. The van der Waals surface area contributed by atoms with Crippen molar-refractivity contribution in [3.05, 3.63) is 60.4 Å². The van der Waals surface area contributed by atoms with Gasteiger partial charge in [-0.3, -0.25) is 9.78 Å². The summed E-state index contributed by atoms with van der Waals surface area (Å²) in [7, 11) is 0. The zero-order valence-corrected chi connectivity index (χ0v) is 11.9. The maximum absolute atomic E-state index is 12.0. The van der Waals surface area contributed by atoms with Gasteiger partial charge in [0.2, 0.25) is 0 Å². The van der Waals surface area contributed by atoms with Crippen LogP contribution in [0.5, 0.6) is 0 Å². The molecule has 3 rings (SSSR count). The van der Waals surface area contributed by atoms with Crippen LogP contribution in [-0.4, -0.2) is 30.5 Å². The zero-order chi connectivity index (χ0) is 14.5. The van der Waals surface area contributed by atoms with Gasteiger partial charge in [0.05, 0.1) is 0 Å². The van der Waals surface area contributed by atoms with Gasteiger partial charge in [-0.05, 0) is 36.6 Å². The first-order valence-electron chi connectivity index (χ1n) is 7.32. The van der Waals surface area contributed by atoms with E-state index in [1.807, 2.05) is 18.2 Å². The summed E-state index contributed by atoms with van der Waals surface area (Å²) in [6.45, 7) is 2.75. The van der Waals surface area contributed by atoms with Gasteiger partial charge >= 0.3 is 0 Å². The molecule has 1 atom stereocenters. The van der Waals surface area contributed by atoms with E-state index in [9.17, 15) is 4.79 Å². The molecular weight excluding hydrogens is 262 g/mol. The third-order valence-corrected chi connectivity index (χ3v) is 3.86. The van der Waals surface area contributed by atoms with E-state index >= 15 is 0 Å². The topological polar surface area (TPSA) is 45.2 Å². The molecule has 2 aromatic rings. The third kappa shape index (κ3) is 3.40. The van der Waals surface area contributed by atoms with Gasteiger partial charge < -0.3 is 10.2 Å². The number of nitrogens with one attached hydrogen (secondary N) is 1. The van der Waals surface area contributed by atoms with Crippen molar-refractivity contribution < 1.29 is 4.79 Å². The van der Waals surface area contributed by atoms with Gasteiger partial charge in [0.15, 0.2) is 0 Å². The van der Waals surface area contributed by atoms with Crippen LogP contribution in [-0.2, 0) is 0 Å². The minimum Gasteiger partial charge on any atom is -0.371 e. The van der Waals surface area contributed by atoms with Crippen LogP contribution < -0.4 is 10.2 Å². The van der Waals surface area contributed by atoms with Gasteiger partial charge in [-0.1, -0.05) is 24.3 Å². The van der Waals surface area contributed by atoms with Crippen molar-refractivity contribution in [1.82, 2.24) is 10.3 Å². The van der Waals surface area contributed by atoms with Crippen molar-refractivity contribution in [3.8, 4) is 0 Å². The van der Waals surface area contributed by atoms with Crippen LogP contribution >= 0.6 is 0 Å². The van der Waals surface area contributed by atoms with Gasteiger partial charge in [0.1, 0.15) is 5.69 Å². The maximum Gasteiger partial charge on any atom is 0.269 e. The molecule has 21 heavy (non-hydrogen) atoms. The Morgan fingerprint density at radius 1 is 1.19 bits per heavy atom. The van der Waals surface area contributed by atoms with Crippen LogP contribution in [0.25, 0.3) is 0 Å². The molecule has 1 amide bonds. The Morgan fingerprint density at radius 3 is 2.76 bits per heavy atom. The normalized spacial score (nSPS) is 17.7. The molecule has 0 bridgehead atoms. The molecule has 1 fully saturated rings. The Bertz CT molecular complexity index is 585. The first-order valence-corrected chi connectivity index (χ1v) is 7.32. The van der Waals surface area contributed by atoms with E-state index < -0.39 is 0 Å². The summed E-state index contributed by atoms with van der Waals surface area (Å²) in [6, 6.07) is 15.8. The summed E-state index contributed by atoms with van der Waals surface area (Å²) >= 11 is 0. The van der Waals surface area contributed by atoms with E-state index in [-0.39, 0.29) is 5.91 Å². The highest BCUT2D eigenvalue weighted by molar-refractivity contribution is 5.92. The molecule has 1 aromatic heterocycles. The minimum atomic E-state index is -0.0891. The number of carbonyl (C=O) groups excluding carboxylic acids is 1. The van der Waals surface area contributed by atoms with Crippen molar-refractivity contribution in [2.75, 3.05) is 24.5 Å². The largest absolute Gasteiger partial charge is 0.371 e.